The Hall–Kier alpha value is -1.99. The molecular formula is C17H15ClFN3O2S. The minimum absolute atomic E-state index is 0.121. The van der Waals surface area contributed by atoms with Gasteiger partial charge >= 0.3 is 0 Å². The largest absolute Gasteiger partial charge is 0.351 e. The quantitative estimate of drug-likeness (QED) is 0.861. The Kier molecular flexibility index (Phi) is 4.21. The van der Waals surface area contributed by atoms with E-state index in [4.69, 9.17) is 11.6 Å². The van der Waals surface area contributed by atoms with Gasteiger partial charge in [0.05, 0.1) is 6.20 Å². The number of nitrogens with zero attached hydrogens (tertiary/aromatic N) is 1. The van der Waals surface area contributed by atoms with Crippen LogP contribution in [0.5, 0.6) is 0 Å². The molecular weight excluding hydrogens is 365 g/mol. The summed E-state index contributed by atoms with van der Waals surface area (Å²) in [5.74, 6) is -0.756. The van der Waals surface area contributed by atoms with E-state index in [9.17, 15) is 14.0 Å². The van der Waals surface area contributed by atoms with Gasteiger partial charge in [-0.3, -0.25) is 9.59 Å². The molecule has 8 heteroatoms. The van der Waals surface area contributed by atoms with Gasteiger partial charge in [-0.1, -0.05) is 18.0 Å². The molecule has 0 radical (unpaired) electrons. The standard InChI is InChI=1S/C17H15ClFN3O2S/c18-9-4-8(5-10(19)6-9)17-20-7-13(25-17)15(23)22-14-11-2-1-3-12(11)21-16(14)24/h4-7,11-12,14H,1-3H2,(H,21,24)(H,22,23)/t11-,12+,14-/m1/s1. The van der Waals surface area contributed by atoms with Crippen molar-refractivity contribution in [3.63, 3.8) is 0 Å². The number of thiazole rings is 1. The predicted molar refractivity (Wildman–Crippen MR) is 93.0 cm³/mol. The molecule has 2 amide bonds. The number of amides is 2. The smallest absolute Gasteiger partial charge is 0.263 e. The molecule has 3 atom stereocenters. The number of carbonyl (C=O) groups is 2. The molecule has 1 aromatic carbocycles. The summed E-state index contributed by atoms with van der Waals surface area (Å²) < 4.78 is 13.5. The Balaban J connectivity index is 1.52. The van der Waals surface area contributed by atoms with Gasteiger partial charge in [0.15, 0.2) is 0 Å². The number of aromatic nitrogens is 1. The fraction of sp³-hybridized carbons (Fsp3) is 0.353. The van der Waals surface area contributed by atoms with Crippen LogP contribution in [0.2, 0.25) is 5.02 Å². The summed E-state index contributed by atoms with van der Waals surface area (Å²) in [5.41, 5.74) is 0.517. The van der Waals surface area contributed by atoms with Gasteiger partial charge in [0.1, 0.15) is 21.7 Å². The summed E-state index contributed by atoms with van der Waals surface area (Å²) in [6.07, 6.45) is 4.40. The molecule has 0 spiro atoms. The first-order valence-electron chi connectivity index (χ1n) is 8.05. The summed E-state index contributed by atoms with van der Waals surface area (Å²) in [5, 5.41) is 6.54. The molecule has 2 heterocycles. The lowest BCUT2D eigenvalue weighted by Gasteiger charge is -2.16. The molecule has 130 valence electrons. The van der Waals surface area contributed by atoms with Crippen LogP contribution in [-0.4, -0.2) is 28.9 Å². The van der Waals surface area contributed by atoms with E-state index < -0.39 is 11.9 Å². The first-order chi connectivity index (χ1) is 12.0. The van der Waals surface area contributed by atoms with Crippen molar-refractivity contribution in [1.82, 2.24) is 15.6 Å². The molecule has 2 aromatic rings. The highest BCUT2D eigenvalue weighted by atomic mass is 35.5. The van der Waals surface area contributed by atoms with Crippen LogP contribution >= 0.6 is 22.9 Å². The van der Waals surface area contributed by atoms with Crippen molar-refractivity contribution in [2.75, 3.05) is 0 Å². The fourth-order valence-corrected chi connectivity index (χ4v) is 4.64. The van der Waals surface area contributed by atoms with Gasteiger partial charge in [-0.15, -0.1) is 11.3 Å². The van der Waals surface area contributed by atoms with Gasteiger partial charge in [0.25, 0.3) is 5.91 Å². The van der Waals surface area contributed by atoms with Gasteiger partial charge in [0, 0.05) is 22.5 Å². The van der Waals surface area contributed by atoms with Gasteiger partial charge in [-0.2, -0.15) is 0 Å². The molecule has 1 saturated carbocycles. The second-order valence-electron chi connectivity index (χ2n) is 6.35. The van der Waals surface area contributed by atoms with E-state index in [1.54, 1.807) is 6.07 Å². The third-order valence-corrected chi connectivity index (χ3v) is 6.00. The summed E-state index contributed by atoms with van der Waals surface area (Å²) in [6, 6.07) is 3.81. The number of nitrogens with one attached hydrogen (secondary N) is 2. The van der Waals surface area contributed by atoms with Crippen LogP contribution in [0, 0.1) is 11.7 Å². The zero-order chi connectivity index (χ0) is 17.6. The Bertz CT molecular complexity index is 836. The molecule has 5 nitrogen and oxygen atoms in total. The SMILES string of the molecule is O=C(N[C@H]1C(=O)N[C@H]2CCC[C@H]21)c1cnc(-c2cc(F)cc(Cl)c2)s1. The normalized spacial score (nSPS) is 24.9. The molecule has 0 bridgehead atoms. The molecule has 2 fully saturated rings. The highest BCUT2D eigenvalue weighted by molar-refractivity contribution is 7.16. The number of hydrogen-bond donors (Lipinski definition) is 2. The number of rotatable bonds is 3. The lowest BCUT2D eigenvalue weighted by molar-refractivity contribution is -0.121. The van der Waals surface area contributed by atoms with E-state index in [2.05, 4.69) is 15.6 Å². The zero-order valence-corrected chi connectivity index (χ0v) is 14.7. The van der Waals surface area contributed by atoms with Crippen LogP contribution in [0.1, 0.15) is 28.9 Å². The van der Waals surface area contributed by atoms with E-state index in [-0.39, 0.29) is 28.8 Å². The molecule has 1 saturated heterocycles. The van der Waals surface area contributed by atoms with Crippen LogP contribution in [0.3, 0.4) is 0 Å². The Morgan fingerprint density at radius 1 is 1.36 bits per heavy atom. The maximum atomic E-state index is 13.5. The number of fused-ring (bicyclic) bond motifs is 1. The van der Waals surface area contributed by atoms with Gasteiger partial charge in [-0.05, 0) is 31.0 Å². The summed E-state index contributed by atoms with van der Waals surface area (Å²) in [4.78, 5) is 29.1. The van der Waals surface area contributed by atoms with E-state index in [1.165, 1.54) is 18.3 Å². The van der Waals surface area contributed by atoms with Crippen LogP contribution in [-0.2, 0) is 4.79 Å². The molecule has 2 aliphatic rings. The van der Waals surface area contributed by atoms with E-state index in [0.717, 1.165) is 30.6 Å². The molecule has 1 aromatic heterocycles. The van der Waals surface area contributed by atoms with Crippen molar-refractivity contribution in [2.24, 2.45) is 5.92 Å². The monoisotopic (exact) mass is 379 g/mol. The molecule has 1 aliphatic heterocycles. The zero-order valence-electron chi connectivity index (χ0n) is 13.1. The highest BCUT2D eigenvalue weighted by Crippen LogP contribution is 2.33. The Labute approximate surface area is 152 Å². The molecule has 25 heavy (non-hydrogen) atoms. The fourth-order valence-electron chi connectivity index (χ4n) is 3.61. The lowest BCUT2D eigenvalue weighted by atomic mass is 9.99. The minimum atomic E-state index is -0.492. The third-order valence-electron chi connectivity index (χ3n) is 4.73. The Morgan fingerprint density at radius 2 is 2.20 bits per heavy atom. The first kappa shape index (κ1) is 16.5. The second kappa shape index (κ2) is 6.38. The molecule has 0 unspecified atom stereocenters. The summed E-state index contributed by atoms with van der Waals surface area (Å²) in [6.45, 7) is 0. The summed E-state index contributed by atoms with van der Waals surface area (Å²) in [7, 11) is 0. The van der Waals surface area contributed by atoms with Crippen molar-refractivity contribution < 1.29 is 14.0 Å². The summed E-state index contributed by atoms with van der Waals surface area (Å²) >= 11 is 7.00. The highest BCUT2D eigenvalue weighted by Gasteiger charge is 2.45. The van der Waals surface area contributed by atoms with E-state index in [0.29, 0.717) is 15.4 Å². The Morgan fingerprint density at radius 3 is 3.00 bits per heavy atom. The predicted octanol–water partition coefficient (Wildman–Crippen LogP) is 3.00. The van der Waals surface area contributed by atoms with Crippen LogP contribution < -0.4 is 10.6 Å². The van der Waals surface area contributed by atoms with Crippen molar-refractivity contribution in [3.05, 3.63) is 40.1 Å². The van der Waals surface area contributed by atoms with Gasteiger partial charge in [0.2, 0.25) is 5.91 Å². The maximum absolute atomic E-state index is 13.5. The number of carbonyl (C=O) groups excluding carboxylic acids is 2. The molecule has 1 aliphatic carbocycles. The van der Waals surface area contributed by atoms with E-state index in [1.807, 2.05) is 0 Å². The minimum Gasteiger partial charge on any atom is -0.351 e. The number of halogens is 2. The lowest BCUT2D eigenvalue weighted by Crippen LogP contribution is -2.43. The van der Waals surface area contributed by atoms with Crippen molar-refractivity contribution >= 4 is 34.8 Å². The second-order valence-corrected chi connectivity index (χ2v) is 7.82. The number of benzene rings is 1. The first-order valence-corrected chi connectivity index (χ1v) is 9.24. The van der Waals surface area contributed by atoms with Crippen molar-refractivity contribution in [1.29, 1.82) is 0 Å². The topological polar surface area (TPSA) is 71.1 Å². The van der Waals surface area contributed by atoms with Crippen LogP contribution in [0.4, 0.5) is 4.39 Å². The van der Waals surface area contributed by atoms with E-state index >= 15 is 0 Å². The maximum Gasteiger partial charge on any atom is 0.263 e. The average molecular weight is 380 g/mol. The van der Waals surface area contributed by atoms with Crippen LogP contribution in [0.15, 0.2) is 24.4 Å². The van der Waals surface area contributed by atoms with Crippen molar-refractivity contribution in [2.45, 2.75) is 31.3 Å². The van der Waals surface area contributed by atoms with Crippen molar-refractivity contribution in [3.8, 4) is 10.6 Å². The van der Waals surface area contributed by atoms with Gasteiger partial charge < -0.3 is 10.6 Å². The van der Waals surface area contributed by atoms with Gasteiger partial charge in [-0.25, -0.2) is 9.37 Å². The number of hydrogen-bond acceptors (Lipinski definition) is 4. The van der Waals surface area contributed by atoms with Crippen LogP contribution in [0.25, 0.3) is 10.6 Å². The average Bonchev–Trinajstić information content (AvgIpc) is 3.25. The molecule has 4 rings (SSSR count). The molecule has 2 N–H and O–H groups in total. The third kappa shape index (κ3) is 3.14.